The van der Waals surface area contributed by atoms with E-state index in [1.165, 1.54) is 21.0 Å². The van der Waals surface area contributed by atoms with Gasteiger partial charge in [0.1, 0.15) is 0 Å². The van der Waals surface area contributed by atoms with Crippen LogP contribution in [0, 0.1) is 0 Å². The molecule has 0 radical (unpaired) electrons. The Bertz CT molecular complexity index is 852. The highest BCUT2D eigenvalue weighted by molar-refractivity contribution is 7.89. The number of hydrogen-bond acceptors (Lipinski definition) is 5. The molecule has 120 valence electrons. The minimum atomic E-state index is -3.62. The normalized spacial score (nSPS) is 20.0. The number of methoxy groups -OCH3 is 1. The molecule has 0 N–H and O–H groups in total. The van der Waals surface area contributed by atoms with E-state index in [-0.39, 0.29) is 16.5 Å². The van der Waals surface area contributed by atoms with Crippen LogP contribution in [-0.2, 0) is 21.8 Å². The molecule has 1 aliphatic rings. The molecule has 3 rings (SSSR count). The van der Waals surface area contributed by atoms with Crippen molar-refractivity contribution in [3.63, 3.8) is 0 Å². The fourth-order valence-corrected chi connectivity index (χ4v) is 4.59. The summed E-state index contributed by atoms with van der Waals surface area (Å²) in [5, 5.41) is 0. The number of oxazole rings is 1. The second-order valence-corrected chi connectivity index (χ2v) is 7.31. The van der Waals surface area contributed by atoms with Crippen molar-refractivity contribution in [3.05, 3.63) is 28.7 Å². The Morgan fingerprint density at radius 2 is 2.18 bits per heavy atom. The Labute approximate surface area is 128 Å². The number of hydrogen-bond donors (Lipinski definition) is 0. The van der Waals surface area contributed by atoms with E-state index in [2.05, 4.69) is 0 Å². The molecule has 0 aliphatic carbocycles. The van der Waals surface area contributed by atoms with Gasteiger partial charge in [-0.05, 0) is 25.0 Å². The maximum atomic E-state index is 12.8. The zero-order valence-corrected chi connectivity index (χ0v) is 13.3. The van der Waals surface area contributed by atoms with E-state index in [9.17, 15) is 13.2 Å². The number of benzene rings is 1. The molecular weight excluding hydrogens is 308 g/mol. The van der Waals surface area contributed by atoms with Gasteiger partial charge in [-0.2, -0.15) is 4.31 Å². The molecule has 1 aromatic carbocycles. The Balaban J connectivity index is 2.03. The highest BCUT2D eigenvalue weighted by Gasteiger charge is 2.35. The van der Waals surface area contributed by atoms with Crippen LogP contribution in [0.25, 0.3) is 11.1 Å². The van der Waals surface area contributed by atoms with Gasteiger partial charge in [-0.1, -0.05) is 0 Å². The zero-order chi connectivity index (χ0) is 15.9. The molecule has 2 heterocycles. The molecule has 8 heteroatoms. The summed E-state index contributed by atoms with van der Waals surface area (Å²) < 4.78 is 38.6. The third kappa shape index (κ3) is 2.37. The summed E-state index contributed by atoms with van der Waals surface area (Å²) in [6, 6.07) is 4.37. The Morgan fingerprint density at radius 1 is 1.41 bits per heavy atom. The molecule has 0 saturated carbocycles. The summed E-state index contributed by atoms with van der Waals surface area (Å²) in [6.45, 7) is 0.856. The minimum absolute atomic E-state index is 0.136. The SMILES string of the molecule is COC[C@@H]1CCCN1S(=O)(=O)c1ccc2c(c1)oc(=O)n2C. The first kappa shape index (κ1) is 15.3. The number of sulfonamides is 1. The third-order valence-corrected chi connectivity index (χ3v) is 6.00. The molecule has 7 nitrogen and oxygen atoms in total. The van der Waals surface area contributed by atoms with Crippen LogP contribution in [0.4, 0.5) is 0 Å². The lowest BCUT2D eigenvalue weighted by Crippen LogP contribution is -2.38. The van der Waals surface area contributed by atoms with E-state index in [1.807, 2.05) is 0 Å². The van der Waals surface area contributed by atoms with E-state index in [0.29, 0.717) is 18.7 Å². The number of rotatable bonds is 4. The lowest BCUT2D eigenvalue weighted by atomic mass is 10.2. The number of fused-ring (bicyclic) bond motifs is 1. The van der Waals surface area contributed by atoms with Gasteiger partial charge in [-0.25, -0.2) is 13.2 Å². The van der Waals surface area contributed by atoms with E-state index in [0.717, 1.165) is 12.8 Å². The topological polar surface area (TPSA) is 81.8 Å². The lowest BCUT2D eigenvalue weighted by Gasteiger charge is -2.23. The molecule has 0 bridgehead atoms. The highest BCUT2D eigenvalue weighted by atomic mass is 32.2. The van der Waals surface area contributed by atoms with Crippen molar-refractivity contribution in [2.24, 2.45) is 7.05 Å². The number of aromatic nitrogens is 1. The molecule has 0 unspecified atom stereocenters. The van der Waals surface area contributed by atoms with E-state index in [1.54, 1.807) is 20.2 Å². The minimum Gasteiger partial charge on any atom is -0.408 e. The van der Waals surface area contributed by atoms with Crippen LogP contribution in [0.15, 0.2) is 32.3 Å². The van der Waals surface area contributed by atoms with Crippen LogP contribution >= 0.6 is 0 Å². The van der Waals surface area contributed by atoms with Crippen molar-refractivity contribution in [3.8, 4) is 0 Å². The molecule has 1 atom stereocenters. The second-order valence-electron chi connectivity index (χ2n) is 5.42. The largest absolute Gasteiger partial charge is 0.419 e. The summed E-state index contributed by atoms with van der Waals surface area (Å²) in [6.07, 6.45) is 1.60. The molecule has 1 saturated heterocycles. The van der Waals surface area contributed by atoms with E-state index in [4.69, 9.17) is 9.15 Å². The van der Waals surface area contributed by atoms with E-state index < -0.39 is 15.8 Å². The molecule has 0 amide bonds. The van der Waals surface area contributed by atoms with Crippen molar-refractivity contribution in [1.29, 1.82) is 0 Å². The molecule has 1 aliphatic heterocycles. The van der Waals surface area contributed by atoms with Gasteiger partial charge in [0.2, 0.25) is 10.0 Å². The average molecular weight is 326 g/mol. The van der Waals surface area contributed by atoms with Crippen LogP contribution in [0.3, 0.4) is 0 Å². The van der Waals surface area contributed by atoms with Crippen molar-refractivity contribution in [2.45, 2.75) is 23.8 Å². The molecule has 2 aromatic rings. The first-order valence-corrected chi connectivity index (χ1v) is 8.49. The van der Waals surface area contributed by atoms with Crippen molar-refractivity contribution in [1.82, 2.24) is 8.87 Å². The molecule has 22 heavy (non-hydrogen) atoms. The Hall–Kier alpha value is -1.64. The summed E-state index contributed by atoms with van der Waals surface area (Å²) in [5.41, 5.74) is 0.842. The molecular formula is C14H18N2O5S. The van der Waals surface area contributed by atoms with Gasteiger partial charge in [0, 0.05) is 32.8 Å². The number of aryl methyl sites for hydroxylation is 1. The van der Waals surface area contributed by atoms with Gasteiger partial charge in [0.25, 0.3) is 0 Å². The van der Waals surface area contributed by atoms with Crippen molar-refractivity contribution >= 4 is 21.1 Å². The third-order valence-electron chi connectivity index (χ3n) is 4.05. The zero-order valence-electron chi connectivity index (χ0n) is 12.5. The van der Waals surface area contributed by atoms with Gasteiger partial charge < -0.3 is 9.15 Å². The quantitative estimate of drug-likeness (QED) is 0.835. The number of nitrogens with zero attached hydrogens (tertiary/aromatic N) is 2. The fraction of sp³-hybridized carbons (Fsp3) is 0.500. The van der Waals surface area contributed by atoms with Gasteiger partial charge in [0.15, 0.2) is 5.58 Å². The molecule has 0 spiro atoms. The smallest absolute Gasteiger partial charge is 0.408 e. The Kier molecular flexibility index (Phi) is 3.84. The summed E-state index contributed by atoms with van der Waals surface area (Å²) in [7, 11) is -0.479. The van der Waals surface area contributed by atoms with Crippen LogP contribution in [0.2, 0.25) is 0 Å². The highest BCUT2D eigenvalue weighted by Crippen LogP contribution is 2.27. The first-order valence-electron chi connectivity index (χ1n) is 7.05. The van der Waals surface area contributed by atoms with Crippen molar-refractivity contribution < 1.29 is 17.6 Å². The first-order chi connectivity index (χ1) is 10.4. The molecule has 1 aromatic heterocycles. The Morgan fingerprint density at radius 3 is 2.91 bits per heavy atom. The predicted octanol–water partition coefficient (Wildman–Crippen LogP) is 0.931. The van der Waals surface area contributed by atoms with Gasteiger partial charge in [-0.3, -0.25) is 4.57 Å². The van der Waals surface area contributed by atoms with E-state index >= 15 is 0 Å². The maximum absolute atomic E-state index is 12.8. The van der Waals surface area contributed by atoms with Crippen LogP contribution < -0.4 is 5.76 Å². The number of ether oxygens (including phenoxy) is 1. The van der Waals surface area contributed by atoms with Crippen molar-refractivity contribution in [2.75, 3.05) is 20.3 Å². The van der Waals surface area contributed by atoms with Gasteiger partial charge >= 0.3 is 5.76 Å². The summed E-state index contributed by atoms with van der Waals surface area (Å²) >= 11 is 0. The fourth-order valence-electron chi connectivity index (χ4n) is 2.89. The van der Waals surface area contributed by atoms with Crippen LogP contribution in [0.1, 0.15) is 12.8 Å². The van der Waals surface area contributed by atoms with Gasteiger partial charge in [0.05, 0.1) is 17.0 Å². The lowest BCUT2D eigenvalue weighted by molar-refractivity contribution is 0.149. The monoisotopic (exact) mass is 326 g/mol. The van der Waals surface area contributed by atoms with Crippen LogP contribution in [-0.4, -0.2) is 43.6 Å². The summed E-state index contributed by atoms with van der Waals surface area (Å²) in [5.74, 6) is -0.511. The average Bonchev–Trinajstić information content (AvgIpc) is 3.05. The predicted molar refractivity (Wildman–Crippen MR) is 80.2 cm³/mol. The standard InChI is InChI=1S/C14H18N2O5S/c1-15-12-6-5-11(8-13(12)21-14(15)17)22(18,19)16-7-3-4-10(16)9-20-2/h5-6,8,10H,3-4,7,9H2,1-2H3/t10-/m0/s1. The summed E-state index contributed by atoms with van der Waals surface area (Å²) in [4.78, 5) is 11.6. The van der Waals surface area contributed by atoms with Crippen LogP contribution in [0.5, 0.6) is 0 Å². The maximum Gasteiger partial charge on any atom is 0.419 e. The molecule has 1 fully saturated rings. The second kappa shape index (κ2) is 5.53. The van der Waals surface area contributed by atoms with Gasteiger partial charge in [-0.15, -0.1) is 0 Å².